The first kappa shape index (κ1) is 19.8. The van der Waals surface area contributed by atoms with Gasteiger partial charge in [0.25, 0.3) is 5.91 Å². The molecule has 158 valence electrons. The topological polar surface area (TPSA) is 83.3 Å². The third kappa shape index (κ3) is 3.91. The highest BCUT2D eigenvalue weighted by molar-refractivity contribution is 7.18. The standard InChI is InChI=1S/C24H20N6OS/c1-25-18-6-2-3-7-19(18)29-23(31)16-9-11-17(12-10-16)28-24-27-15-21(32-24)20-14-26-22-8-4-5-13-30(20)22/h2-15,25H,1H3,(H,27,28)(H,29,31). The van der Waals surface area contributed by atoms with Gasteiger partial charge in [-0.1, -0.05) is 29.5 Å². The zero-order chi connectivity index (χ0) is 21.9. The predicted molar refractivity (Wildman–Crippen MR) is 130 cm³/mol. The van der Waals surface area contributed by atoms with Crippen LogP contribution in [0.15, 0.2) is 85.3 Å². The molecule has 3 aromatic heterocycles. The lowest BCUT2D eigenvalue weighted by Gasteiger charge is -2.11. The number of para-hydroxylation sites is 2. The number of carbonyl (C=O) groups is 1. The number of nitrogens with one attached hydrogen (secondary N) is 3. The molecule has 0 saturated carbocycles. The van der Waals surface area contributed by atoms with Crippen molar-refractivity contribution in [3.05, 3.63) is 90.9 Å². The minimum absolute atomic E-state index is 0.164. The van der Waals surface area contributed by atoms with Crippen LogP contribution in [0, 0.1) is 0 Å². The van der Waals surface area contributed by atoms with Crippen LogP contribution in [0.1, 0.15) is 10.4 Å². The number of rotatable bonds is 6. The van der Waals surface area contributed by atoms with Gasteiger partial charge in [0.15, 0.2) is 5.13 Å². The van der Waals surface area contributed by atoms with Crippen LogP contribution in [0.4, 0.5) is 22.2 Å². The van der Waals surface area contributed by atoms with Gasteiger partial charge in [0, 0.05) is 30.7 Å². The molecule has 0 unspecified atom stereocenters. The summed E-state index contributed by atoms with van der Waals surface area (Å²) < 4.78 is 2.04. The molecule has 0 aliphatic rings. The van der Waals surface area contributed by atoms with Gasteiger partial charge in [-0.15, -0.1) is 0 Å². The molecule has 1 amide bonds. The van der Waals surface area contributed by atoms with E-state index < -0.39 is 0 Å². The molecule has 5 rings (SSSR count). The Morgan fingerprint density at radius 3 is 2.50 bits per heavy atom. The lowest BCUT2D eigenvalue weighted by molar-refractivity contribution is 0.102. The van der Waals surface area contributed by atoms with Crippen LogP contribution in [0.3, 0.4) is 0 Å². The molecule has 0 bridgehead atoms. The molecule has 3 heterocycles. The Balaban J connectivity index is 1.29. The number of fused-ring (bicyclic) bond motifs is 1. The number of thiazole rings is 1. The number of benzene rings is 2. The average Bonchev–Trinajstić information content (AvgIpc) is 3.46. The highest BCUT2D eigenvalue weighted by Gasteiger charge is 2.11. The molecule has 8 heteroatoms. The number of imidazole rings is 1. The van der Waals surface area contributed by atoms with Crippen molar-refractivity contribution in [1.82, 2.24) is 14.4 Å². The average molecular weight is 441 g/mol. The second-order valence-electron chi connectivity index (χ2n) is 7.05. The van der Waals surface area contributed by atoms with E-state index in [1.54, 1.807) is 23.5 Å². The highest BCUT2D eigenvalue weighted by Crippen LogP contribution is 2.31. The third-order valence-corrected chi connectivity index (χ3v) is 5.95. The van der Waals surface area contributed by atoms with Crippen LogP contribution in [-0.4, -0.2) is 27.3 Å². The molecule has 0 radical (unpaired) electrons. The summed E-state index contributed by atoms with van der Waals surface area (Å²) in [7, 11) is 1.82. The van der Waals surface area contributed by atoms with Gasteiger partial charge in [-0.2, -0.15) is 0 Å². The maximum absolute atomic E-state index is 12.6. The molecule has 0 saturated heterocycles. The maximum Gasteiger partial charge on any atom is 0.255 e. The molecule has 7 nitrogen and oxygen atoms in total. The van der Waals surface area contributed by atoms with Crippen molar-refractivity contribution < 1.29 is 4.79 Å². The largest absolute Gasteiger partial charge is 0.386 e. The molecular weight excluding hydrogens is 420 g/mol. The first-order valence-corrected chi connectivity index (χ1v) is 10.9. The number of pyridine rings is 1. The predicted octanol–water partition coefficient (Wildman–Crippen LogP) is 5.50. The molecular formula is C24H20N6OS. The van der Waals surface area contributed by atoms with Crippen LogP contribution < -0.4 is 16.0 Å². The quantitative estimate of drug-likeness (QED) is 0.325. The van der Waals surface area contributed by atoms with E-state index in [9.17, 15) is 4.79 Å². The summed E-state index contributed by atoms with van der Waals surface area (Å²) in [6.07, 6.45) is 5.68. The fourth-order valence-corrected chi connectivity index (χ4v) is 4.24. The number of anilines is 4. The maximum atomic E-state index is 12.6. The van der Waals surface area contributed by atoms with Crippen molar-refractivity contribution >= 4 is 45.1 Å². The number of aromatic nitrogens is 3. The summed E-state index contributed by atoms with van der Waals surface area (Å²) in [6.45, 7) is 0. The van der Waals surface area contributed by atoms with E-state index in [4.69, 9.17) is 0 Å². The molecule has 5 aromatic rings. The SMILES string of the molecule is CNc1ccccc1NC(=O)c1ccc(Nc2ncc(-c3cnc4ccccn34)s2)cc1. The summed E-state index contributed by atoms with van der Waals surface area (Å²) in [5.41, 5.74) is 4.94. The normalized spacial score (nSPS) is 10.8. The Morgan fingerprint density at radius 2 is 1.69 bits per heavy atom. The van der Waals surface area contributed by atoms with Crippen LogP contribution in [-0.2, 0) is 0 Å². The van der Waals surface area contributed by atoms with E-state index in [1.807, 2.05) is 84.6 Å². The second kappa shape index (κ2) is 8.52. The molecule has 2 aromatic carbocycles. The van der Waals surface area contributed by atoms with Crippen molar-refractivity contribution in [3.8, 4) is 10.6 Å². The fraction of sp³-hybridized carbons (Fsp3) is 0.0417. The monoisotopic (exact) mass is 440 g/mol. The molecule has 0 atom stereocenters. The van der Waals surface area contributed by atoms with Crippen LogP contribution in [0.2, 0.25) is 0 Å². The molecule has 0 fully saturated rings. The summed E-state index contributed by atoms with van der Waals surface area (Å²) in [5, 5.41) is 10.1. The Labute approximate surface area is 188 Å². The lowest BCUT2D eigenvalue weighted by atomic mass is 10.2. The zero-order valence-corrected chi connectivity index (χ0v) is 18.1. The highest BCUT2D eigenvalue weighted by atomic mass is 32.1. The van der Waals surface area contributed by atoms with E-state index in [-0.39, 0.29) is 5.91 Å². The lowest BCUT2D eigenvalue weighted by Crippen LogP contribution is -2.13. The van der Waals surface area contributed by atoms with Crippen molar-refractivity contribution in [3.63, 3.8) is 0 Å². The van der Waals surface area contributed by atoms with Gasteiger partial charge in [-0.3, -0.25) is 9.20 Å². The summed E-state index contributed by atoms with van der Waals surface area (Å²) in [4.78, 5) is 22.6. The molecule has 3 N–H and O–H groups in total. The minimum Gasteiger partial charge on any atom is -0.386 e. The Morgan fingerprint density at radius 1 is 0.906 bits per heavy atom. The Hall–Kier alpha value is -4.17. The van der Waals surface area contributed by atoms with Crippen LogP contribution >= 0.6 is 11.3 Å². The van der Waals surface area contributed by atoms with Gasteiger partial charge < -0.3 is 16.0 Å². The van der Waals surface area contributed by atoms with Gasteiger partial charge in [-0.05, 0) is 48.5 Å². The second-order valence-corrected chi connectivity index (χ2v) is 8.08. The number of hydrogen-bond donors (Lipinski definition) is 3. The molecule has 0 aliphatic carbocycles. The zero-order valence-electron chi connectivity index (χ0n) is 17.2. The molecule has 0 spiro atoms. The molecule has 0 aliphatic heterocycles. The van der Waals surface area contributed by atoms with E-state index in [0.29, 0.717) is 5.56 Å². The van der Waals surface area contributed by atoms with Crippen molar-refractivity contribution in [2.24, 2.45) is 0 Å². The molecule has 32 heavy (non-hydrogen) atoms. The van der Waals surface area contributed by atoms with Crippen molar-refractivity contribution in [2.75, 3.05) is 23.0 Å². The van der Waals surface area contributed by atoms with E-state index in [0.717, 1.165) is 38.4 Å². The van der Waals surface area contributed by atoms with Crippen LogP contribution in [0.5, 0.6) is 0 Å². The number of amides is 1. The first-order valence-electron chi connectivity index (χ1n) is 10.0. The summed E-state index contributed by atoms with van der Waals surface area (Å²) in [5.74, 6) is -0.164. The van der Waals surface area contributed by atoms with Gasteiger partial charge in [-0.25, -0.2) is 9.97 Å². The Bertz CT molecular complexity index is 1390. The van der Waals surface area contributed by atoms with Gasteiger partial charge >= 0.3 is 0 Å². The van der Waals surface area contributed by atoms with Crippen molar-refractivity contribution in [2.45, 2.75) is 0 Å². The van der Waals surface area contributed by atoms with E-state index >= 15 is 0 Å². The number of hydrogen-bond acceptors (Lipinski definition) is 6. The third-order valence-electron chi connectivity index (χ3n) is 5.02. The Kier molecular flexibility index (Phi) is 5.27. The number of carbonyl (C=O) groups excluding carboxylic acids is 1. The van der Waals surface area contributed by atoms with Gasteiger partial charge in [0.2, 0.25) is 0 Å². The first-order chi connectivity index (χ1) is 15.7. The van der Waals surface area contributed by atoms with E-state index in [1.165, 1.54) is 0 Å². The summed E-state index contributed by atoms with van der Waals surface area (Å²) >= 11 is 1.55. The van der Waals surface area contributed by atoms with Gasteiger partial charge in [0.05, 0.1) is 28.1 Å². The summed E-state index contributed by atoms with van der Waals surface area (Å²) in [6, 6.07) is 20.8. The van der Waals surface area contributed by atoms with Crippen molar-refractivity contribution in [1.29, 1.82) is 0 Å². The van der Waals surface area contributed by atoms with E-state index in [2.05, 4.69) is 25.9 Å². The van der Waals surface area contributed by atoms with Gasteiger partial charge in [0.1, 0.15) is 5.65 Å². The smallest absolute Gasteiger partial charge is 0.255 e. The fourth-order valence-electron chi connectivity index (χ4n) is 3.40. The number of nitrogens with zero attached hydrogens (tertiary/aromatic N) is 3. The van der Waals surface area contributed by atoms with Crippen LogP contribution in [0.25, 0.3) is 16.2 Å². The minimum atomic E-state index is -0.164.